The fraction of sp³-hybridized carbons (Fsp3) is 0. The van der Waals surface area contributed by atoms with Gasteiger partial charge in [0.25, 0.3) is 0 Å². The molecule has 0 amide bonds. The number of nitrogens with two attached hydrogens (primary N) is 1. The van der Waals surface area contributed by atoms with Crippen LogP contribution in [0.15, 0.2) is 53.0 Å². The van der Waals surface area contributed by atoms with Crippen LogP contribution >= 0.6 is 28.1 Å². The van der Waals surface area contributed by atoms with Crippen molar-refractivity contribution in [3.8, 4) is 11.5 Å². The van der Waals surface area contributed by atoms with E-state index in [0.717, 1.165) is 21.5 Å². The highest BCUT2D eigenvalue weighted by atomic mass is 79.9. The van der Waals surface area contributed by atoms with E-state index in [2.05, 4.69) is 15.9 Å². The summed E-state index contributed by atoms with van der Waals surface area (Å²) in [6.45, 7) is 0. The third kappa shape index (κ3) is 3.28. The zero-order chi connectivity index (χ0) is 12.3. The predicted molar refractivity (Wildman–Crippen MR) is 76.5 cm³/mol. The van der Waals surface area contributed by atoms with Gasteiger partial charge in [0.15, 0.2) is 0 Å². The first-order valence-corrected chi connectivity index (χ1v) is 6.18. The summed E-state index contributed by atoms with van der Waals surface area (Å²) in [4.78, 5) is 0.389. The van der Waals surface area contributed by atoms with Crippen molar-refractivity contribution in [1.82, 2.24) is 0 Å². The summed E-state index contributed by atoms with van der Waals surface area (Å²) in [6, 6.07) is 15.0. The lowest BCUT2D eigenvalue weighted by Crippen LogP contribution is -2.08. The van der Waals surface area contributed by atoms with Gasteiger partial charge >= 0.3 is 0 Å². The summed E-state index contributed by atoms with van der Waals surface area (Å²) in [5.41, 5.74) is 6.35. The molecule has 0 fully saturated rings. The largest absolute Gasteiger partial charge is 0.457 e. The highest BCUT2D eigenvalue weighted by Crippen LogP contribution is 2.23. The van der Waals surface area contributed by atoms with Crippen LogP contribution in [0.3, 0.4) is 0 Å². The second-order valence-corrected chi connectivity index (χ2v) is 4.80. The lowest BCUT2D eigenvalue weighted by molar-refractivity contribution is 0.482. The Bertz CT molecular complexity index is 522. The second-order valence-electron chi connectivity index (χ2n) is 3.44. The third-order valence-corrected chi connectivity index (χ3v) is 2.95. The summed E-state index contributed by atoms with van der Waals surface area (Å²) in [5.74, 6) is 1.54. The number of halogens is 1. The highest BCUT2D eigenvalue weighted by Gasteiger charge is 1.99. The molecule has 0 aliphatic carbocycles. The summed E-state index contributed by atoms with van der Waals surface area (Å²) in [5, 5.41) is 0. The Hall–Kier alpha value is -1.39. The van der Waals surface area contributed by atoms with Gasteiger partial charge in [0.1, 0.15) is 16.5 Å². The summed E-state index contributed by atoms with van der Waals surface area (Å²) < 4.78 is 6.69. The first kappa shape index (κ1) is 12.1. The molecular weight excluding hydrogens is 298 g/mol. The Balaban J connectivity index is 2.13. The van der Waals surface area contributed by atoms with Crippen molar-refractivity contribution < 1.29 is 4.74 Å². The molecule has 0 aliphatic rings. The number of hydrogen-bond donors (Lipinski definition) is 1. The van der Waals surface area contributed by atoms with E-state index < -0.39 is 0 Å². The van der Waals surface area contributed by atoms with Crippen LogP contribution in [0.25, 0.3) is 0 Å². The van der Waals surface area contributed by atoms with Gasteiger partial charge in [-0.3, -0.25) is 0 Å². The fourth-order valence-electron chi connectivity index (χ4n) is 1.33. The van der Waals surface area contributed by atoms with Crippen LogP contribution in [0.4, 0.5) is 0 Å². The first-order chi connectivity index (χ1) is 8.15. The molecule has 2 aromatic rings. The monoisotopic (exact) mass is 307 g/mol. The van der Waals surface area contributed by atoms with E-state index in [-0.39, 0.29) is 0 Å². The number of thiocarbonyl (C=S) groups is 1. The van der Waals surface area contributed by atoms with Crippen molar-refractivity contribution in [1.29, 1.82) is 0 Å². The molecule has 0 aliphatic heterocycles. The van der Waals surface area contributed by atoms with Gasteiger partial charge in [-0.2, -0.15) is 0 Å². The smallest absolute Gasteiger partial charge is 0.127 e. The standard InChI is InChI=1S/C13H10BrNOS/c14-10-3-7-12(8-4-10)16-11-5-1-9(2-6-11)13(15)17/h1-8H,(H2,15,17). The molecule has 0 saturated heterocycles. The Morgan fingerprint density at radius 1 is 0.941 bits per heavy atom. The fourth-order valence-corrected chi connectivity index (χ4v) is 1.73. The maximum atomic E-state index is 5.66. The van der Waals surface area contributed by atoms with Crippen molar-refractivity contribution in [2.45, 2.75) is 0 Å². The van der Waals surface area contributed by atoms with Crippen molar-refractivity contribution >= 4 is 33.1 Å². The molecule has 0 atom stereocenters. The molecule has 0 radical (unpaired) electrons. The van der Waals surface area contributed by atoms with Gasteiger partial charge in [0.2, 0.25) is 0 Å². The Kier molecular flexibility index (Phi) is 3.76. The van der Waals surface area contributed by atoms with E-state index in [1.165, 1.54) is 0 Å². The van der Waals surface area contributed by atoms with E-state index in [4.69, 9.17) is 22.7 Å². The van der Waals surface area contributed by atoms with E-state index in [1.807, 2.05) is 48.5 Å². The van der Waals surface area contributed by atoms with Gasteiger partial charge in [0, 0.05) is 10.0 Å². The van der Waals surface area contributed by atoms with E-state index >= 15 is 0 Å². The lowest BCUT2D eigenvalue weighted by atomic mass is 10.2. The predicted octanol–water partition coefficient (Wildman–Crippen LogP) is 3.88. The average Bonchev–Trinajstić information content (AvgIpc) is 2.33. The quantitative estimate of drug-likeness (QED) is 0.874. The van der Waals surface area contributed by atoms with Crippen molar-refractivity contribution in [3.05, 3.63) is 58.6 Å². The number of ether oxygens (including phenoxy) is 1. The van der Waals surface area contributed by atoms with Crippen LogP contribution < -0.4 is 10.5 Å². The first-order valence-electron chi connectivity index (χ1n) is 4.98. The summed E-state index contributed by atoms with van der Waals surface area (Å²) >= 11 is 8.25. The Labute approximate surface area is 114 Å². The molecule has 2 aromatic carbocycles. The third-order valence-electron chi connectivity index (χ3n) is 2.19. The Morgan fingerprint density at radius 3 is 1.88 bits per heavy atom. The van der Waals surface area contributed by atoms with Crippen molar-refractivity contribution in [3.63, 3.8) is 0 Å². The summed E-state index contributed by atoms with van der Waals surface area (Å²) in [7, 11) is 0. The van der Waals surface area contributed by atoms with E-state index in [1.54, 1.807) is 0 Å². The zero-order valence-corrected chi connectivity index (χ0v) is 11.3. The molecule has 2 nitrogen and oxygen atoms in total. The molecule has 0 heterocycles. The average molecular weight is 308 g/mol. The topological polar surface area (TPSA) is 35.2 Å². The minimum atomic E-state index is 0.389. The van der Waals surface area contributed by atoms with Gasteiger partial charge in [-0.1, -0.05) is 28.1 Å². The second kappa shape index (κ2) is 5.29. The molecule has 4 heteroatoms. The van der Waals surface area contributed by atoms with Gasteiger partial charge in [-0.15, -0.1) is 0 Å². The number of hydrogen-bond acceptors (Lipinski definition) is 2. The molecule has 2 N–H and O–H groups in total. The maximum Gasteiger partial charge on any atom is 0.127 e. The van der Waals surface area contributed by atoms with E-state index in [0.29, 0.717) is 4.99 Å². The number of benzene rings is 2. The van der Waals surface area contributed by atoms with Crippen molar-refractivity contribution in [2.24, 2.45) is 5.73 Å². The van der Waals surface area contributed by atoms with Crippen LogP contribution in [0, 0.1) is 0 Å². The van der Waals surface area contributed by atoms with Gasteiger partial charge < -0.3 is 10.5 Å². The van der Waals surface area contributed by atoms with Crippen LogP contribution in [-0.4, -0.2) is 4.99 Å². The number of rotatable bonds is 3. The SMILES string of the molecule is NC(=S)c1ccc(Oc2ccc(Br)cc2)cc1. The van der Waals surface area contributed by atoms with Gasteiger partial charge in [-0.25, -0.2) is 0 Å². The summed E-state index contributed by atoms with van der Waals surface area (Å²) in [6.07, 6.45) is 0. The molecule has 86 valence electrons. The molecule has 0 aromatic heterocycles. The minimum absolute atomic E-state index is 0.389. The highest BCUT2D eigenvalue weighted by molar-refractivity contribution is 9.10. The van der Waals surface area contributed by atoms with Crippen LogP contribution in [0.5, 0.6) is 11.5 Å². The Morgan fingerprint density at radius 2 is 1.41 bits per heavy atom. The molecule has 0 saturated carbocycles. The van der Waals surface area contributed by atoms with Gasteiger partial charge in [-0.05, 0) is 48.5 Å². The lowest BCUT2D eigenvalue weighted by Gasteiger charge is -2.06. The minimum Gasteiger partial charge on any atom is -0.457 e. The van der Waals surface area contributed by atoms with Crippen LogP contribution in [0.2, 0.25) is 0 Å². The molecule has 0 spiro atoms. The van der Waals surface area contributed by atoms with Gasteiger partial charge in [0.05, 0.1) is 0 Å². The maximum absolute atomic E-state index is 5.66. The normalized spacial score (nSPS) is 9.94. The molecule has 0 unspecified atom stereocenters. The molecule has 17 heavy (non-hydrogen) atoms. The molecule has 2 rings (SSSR count). The van der Waals surface area contributed by atoms with E-state index in [9.17, 15) is 0 Å². The van der Waals surface area contributed by atoms with Crippen LogP contribution in [-0.2, 0) is 0 Å². The molecular formula is C13H10BrNOS. The zero-order valence-electron chi connectivity index (χ0n) is 8.89. The van der Waals surface area contributed by atoms with Crippen molar-refractivity contribution in [2.75, 3.05) is 0 Å². The molecule has 0 bridgehead atoms. The van der Waals surface area contributed by atoms with Crippen LogP contribution in [0.1, 0.15) is 5.56 Å².